The summed E-state index contributed by atoms with van der Waals surface area (Å²) in [6.07, 6.45) is 6.70. The van der Waals surface area contributed by atoms with Crippen LogP contribution in [0.5, 0.6) is 5.75 Å². The number of carbonyl (C=O) groups is 1. The molecule has 31 heavy (non-hydrogen) atoms. The Labute approximate surface area is 178 Å². The van der Waals surface area contributed by atoms with Gasteiger partial charge in [0.1, 0.15) is 11.4 Å². The van der Waals surface area contributed by atoms with E-state index in [1.54, 1.807) is 6.07 Å². The van der Waals surface area contributed by atoms with Gasteiger partial charge in [0.05, 0.1) is 17.3 Å². The fourth-order valence-corrected chi connectivity index (χ4v) is 3.60. The highest BCUT2D eigenvalue weighted by atomic mass is 16.3. The van der Waals surface area contributed by atoms with Crippen molar-refractivity contribution >= 4 is 23.0 Å². The lowest BCUT2D eigenvalue weighted by Crippen LogP contribution is -2.37. The number of phenols is 1. The first-order valence-electron chi connectivity index (χ1n) is 9.82. The maximum Gasteiger partial charge on any atom is 0.254 e. The summed E-state index contributed by atoms with van der Waals surface area (Å²) >= 11 is 0. The number of amides is 1. The Morgan fingerprint density at radius 3 is 2.42 bits per heavy atom. The van der Waals surface area contributed by atoms with Gasteiger partial charge < -0.3 is 21.1 Å². The van der Waals surface area contributed by atoms with Crippen molar-refractivity contribution in [1.82, 2.24) is 5.32 Å². The monoisotopic (exact) mass is 415 g/mol. The van der Waals surface area contributed by atoms with Crippen molar-refractivity contribution < 1.29 is 9.90 Å². The number of allylic oxidation sites excluding steroid dienone is 3. The van der Waals surface area contributed by atoms with Crippen LogP contribution in [0.3, 0.4) is 0 Å². The Balaban J connectivity index is 1.67. The average Bonchev–Trinajstić information content (AvgIpc) is 3.34. The van der Waals surface area contributed by atoms with Gasteiger partial charge in [-0.1, -0.05) is 54.6 Å². The highest BCUT2D eigenvalue weighted by Crippen LogP contribution is 2.35. The molecule has 156 valence electrons. The quantitative estimate of drug-likeness (QED) is 0.349. The van der Waals surface area contributed by atoms with Gasteiger partial charge in [0.25, 0.3) is 16.8 Å². The molecule has 0 spiro atoms. The van der Waals surface area contributed by atoms with Crippen molar-refractivity contribution in [3.8, 4) is 5.75 Å². The maximum absolute atomic E-state index is 12.4. The van der Waals surface area contributed by atoms with Crippen molar-refractivity contribution in [2.45, 2.75) is 12.5 Å². The Hall–Kier alpha value is -4.13. The fourth-order valence-electron chi connectivity index (χ4n) is 3.60. The molecule has 0 saturated heterocycles. The summed E-state index contributed by atoms with van der Waals surface area (Å²) in [5, 5.41) is 18.9. The minimum Gasteiger partial charge on any atom is -0.505 e. The van der Waals surface area contributed by atoms with E-state index in [-0.39, 0.29) is 34.4 Å². The number of rotatable bonds is 7. The van der Waals surface area contributed by atoms with E-state index in [0.717, 1.165) is 17.6 Å². The van der Waals surface area contributed by atoms with Crippen molar-refractivity contribution in [2.75, 3.05) is 17.7 Å². The molecular weight excluding hydrogens is 394 g/mol. The van der Waals surface area contributed by atoms with Gasteiger partial charge in [0.2, 0.25) is 0 Å². The van der Waals surface area contributed by atoms with E-state index in [0.29, 0.717) is 0 Å². The summed E-state index contributed by atoms with van der Waals surface area (Å²) in [5.41, 5.74) is 1.14. The maximum atomic E-state index is 12.4. The largest absolute Gasteiger partial charge is 0.505 e. The van der Waals surface area contributed by atoms with Crippen LogP contribution in [0.4, 0.5) is 17.1 Å². The van der Waals surface area contributed by atoms with Gasteiger partial charge in [-0.2, -0.15) is 0 Å². The Morgan fingerprint density at radius 1 is 1.00 bits per heavy atom. The molecule has 7 nitrogen and oxygen atoms in total. The molecule has 1 unspecified atom stereocenters. The summed E-state index contributed by atoms with van der Waals surface area (Å²) < 4.78 is 0. The molecule has 0 radical (unpaired) electrons. The standard InChI is InChI=1S/C24H21N3O4/c1-25-24(31)16-12-7-13-17(21(16)28)26-19-20(23(30)22(19)29)27-18(15-10-5-6-11-15)14-8-3-2-4-9-14/h2-10,12-13,18,26-28H,11H2,1H3,(H,25,31). The van der Waals surface area contributed by atoms with Crippen LogP contribution >= 0.6 is 0 Å². The Morgan fingerprint density at radius 2 is 1.74 bits per heavy atom. The lowest BCUT2D eigenvalue weighted by molar-refractivity contribution is 0.0960. The third-order valence-electron chi connectivity index (χ3n) is 5.27. The molecule has 7 heteroatoms. The van der Waals surface area contributed by atoms with Crippen LogP contribution in [0.2, 0.25) is 0 Å². The summed E-state index contributed by atoms with van der Waals surface area (Å²) in [4.78, 5) is 36.6. The third kappa shape index (κ3) is 3.73. The summed E-state index contributed by atoms with van der Waals surface area (Å²) in [7, 11) is 1.46. The molecule has 0 heterocycles. The molecule has 0 aromatic heterocycles. The zero-order chi connectivity index (χ0) is 22.0. The van der Waals surface area contributed by atoms with Gasteiger partial charge in [-0.15, -0.1) is 0 Å². The zero-order valence-electron chi connectivity index (χ0n) is 16.8. The highest BCUT2D eigenvalue weighted by molar-refractivity contribution is 5.99. The zero-order valence-corrected chi connectivity index (χ0v) is 16.8. The molecule has 3 aromatic carbocycles. The van der Waals surface area contributed by atoms with Crippen molar-refractivity contribution in [2.24, 2.45) is 0 Å². The second-order valence-corrected chi connectivity index (χ2v) is 7.18. The number of benzene rings is 2. The molecule has 4 rings (SSSR count). The van der Waals surface area contributed by atoms with Crippen LogP contribution in [0.1, 0.15) is 28.4 Å². The number of phenolic OH excluding ortho intramolecular Hbond substituents is 1. The smallest absolute Gasteiger partial charge is 0.254 e. The van der Waals surface area contributed by atoms with E-state index in [9.17, 15) is 19.5 Å². The summed E-state index contributed by atoms with van der Waals surface area (Å²) in [6.45, 7) is 0. The molecular formula is C24H21N3O4. The van der Waals surface area contributed by atoms with Crippen LogP contribution in [0.15, 0.2) is 81.9 Å². The molecule has 1 aliphatic carbocycles. The van der Waals surface area contributed by atoms with Crippen LogP contribution in [0, 0.1) is 0 Å². The number of nitrogens with one attached hydrogen (secondary N) is 3. The number of carbonyl (C=O) groups excluding carboxylic acids is 1. The molecule has 0 saturated carbocycles. The van der Waals surface area contributed by atoms with Gasteiger partial charge in [0.15, 0.2) is 5.75 Å². The minimum absolute atomic E-state index is 0.0573. The molecule has 1 amide bonds. The predicted octanol–water partition coefficient (Wildman–Crippen LogP) is 3.13. The van der Waals surface area contributed by atoms with E-state index in [4.69, 9.17) is 0 Å². The lowest BCUT2D eigenvalue weighted by Gasteiger charge is -2.24. The van der Waals surface area contributed by atoms with Gasteiger partial charge in [-0.25, -0.2) is 0 Å². The van der Waals surface area contributed by atoms with Gasteiger partial charge in [0, 0.05) is 7.05 Å². The number of anilines is 3. The van der Waals surface area contributed by atoms with Crippen LogP contribution < -0.4 is 26.8 Å². The van der Waals surface area contributed by atoms with Gasteiger partial charge in [-0.3, -0.25) is 14.4 Å². The SMILES string of the molecule is CNC(=O)c1cccc(Nc2c(NC(C3=CC=CC3)c3ccccc3)c(=O)c2=O)c1O. The second-order valence-electron chi connectivity index (χ2n) is 7.18. The van der Waals surface area contributed by atoms with E-state index in [2.05, 4.69) is 16.0 Å². The number of aromatic hydroxyl groups is 1. The first kappa shape index (κ1) is 20.2. The van der Waals surface area contributed by atoms with Gasteiger partial charge >= 0.3 is 0 Å². The predicted molar refractivity (Wildman–Crippen MR) is 121 cm³/mol. The number of para-hydroxylation sites is 1. The number of hydrogen-bond donors (Lipinski definition) is 4. The van der Waals surface area contributed by atoms with Crippen molar-refractivity contribution in [3.63, 3.8) is 0 Å². The molecule has 3 aromatic rings. The third-order valence-corrected chi connectivity index (χ3v) is 5.27. The Bertz CT molecular complexity index is 1270. The normalized spacial score (nSPS) is 13.6. The van der Waals surface area contributed by atoms with E-state index in [1.807, 2.05) is 48.6 Å². The molecule has 0 bridgehead atoms. The summed E-state index contributed by atoms with van der Waals surface area (Å²) in [6, 6.07) is 13.9. The molecule has 1 atom stereocenters. The van der Waals surface area contributed by atoms with Crippen molar-refractivity contribution in [3.05, 3.63) is 104 Å². The first-order chi connectivity index (χ1) is 15.0. The van der Waals surface area contributed by atoms with Gasteiger partial charge in [-0.05, 0) is 29.7 Å². The highest BCUT2D eigenvalue weighted by Gasteiger charge is 2.27. The minimum atomic E-state index is -0.683. The molecule has 0 fully saturated rings. The van der Waals surface area contributed by atoms with E-state index in [1.165, 1.54) is 19.2 Å². The van der Waals surface area contributed by atoms with E-state index >= 15 is 0 Å². The van der Waals surface area contributed by atoms with Crippen molar-refractivity contribution in [1.29, 1.82) is 0 Å². The number of hydrogen-bond acceptors (Lipinski definition) is 6. The lowest BCUT2D eigenvalue weighted by atomic mass is 9.97. The van der Waals surface area contributed by atoms with Crippen LogP contribution in [-0.4, -0.2) is 18.1 Å². The van der Waals surface area contributed by atoms with E-state index < -0.39 is 16.8 Å². The van der Waals surface area contributed by atoms with Crippen LogP contribution in [-0.2, 0) is 0 Å². The fraction of sp³-hybridized carbons (Fsp3) is 0.125. The van der Waals surface area contributed by atoms with Crippen LogP contribution in [0.25, 0.3) is 0 Å². The molecule has 0 aliphatic heterocycles. The Kier molecular flexibility index (Phi) is 5.41. The molecule has 1 aliphatic rings. The topological polar surface area (TPSA) is 108 Å². The second kappa shape index (κ2) is 8.31. The average molecular weight is 415 g/mol. The molecule has 4 N–H and O–H groups in total. The summed E-state index contributed by atoms with van der Waals surface area (Å²) in [5.74, 6) is -0.766. The first-order valence-corrected chi connectivity index (χ1v) is 9.82.